The molecule has 0 aliphatic carbocycles. The summed E-state index contributed by atoms with van der Waals surface area (Å²) in [5, 5.41) is 8.72. The van der Waals surface area contributed by atoms with Crippen molar-refractivity contribution in [2.24, 2.45) is 0 Å². The number of alkyl halides is 3. The van der Waals surface area contributed by atoms with E-state index in [-0.39, 0.29) is 16.8 Å². The fraction of sp³-hybridized carbons (Fsp3) is 0.0714. The number of benzene rings is 2. The van der Waals surface area contributed by atoms with Crippen LogP contribution in [0.25, 0.3) is 11.1 Å². The van der Waals surface area contributed by atoms with Gasteiger partial charge in [0.2, 0.25) is 0 Å². The lowest BCUT2D eigenvalue weighted by atomic mass is 9.97. The average molecular weight is 262 g/mol. The fourth-order valence-electron chi connectivity index (χ4n) is 1.84. The van der Waals surface area contributed by atoms with Gasteiger partial charge in [-0.3, -0.25) is 0 Å². The molecule has 5 heteroatoms. The van der Waals surface area contributed by atoms with Crippen LogP contribution < -0.4 is 5.73 Å². The Labute approximate surface area is 107 Å². The quantitative estimate of drug-likeness (QED) is 0.794. The largest absolute Gasteiger partial charge is 0.417 e. The third-order valence-corrected chi connectivity index (χ3v) is 2.70. The smallest absolute Gasteiger partial charge is 0.398 e. The number of hydrogen-bond donors (Lipinski definition) is 1. The molecule has 2 nitrogen and oxygen atoms in total. The first kappa shape index (κ1) is 13.0. The molecular weight excluding hydrogens is 253 g/mol. The van der Waals surface area contributed by atoms with Gasteiger partial charge in [0, 0.05) is 11.3 Å². The first-order valence-corrected chi connectivity index (χ1v) is 5.39. The molecule has 0 fully saturated rings. The van der Waals surface area contributed by atoms with E-state index < -0.39 is 11.7 Å². The van der Waals surface area contributed by atoms with E-state index in [0.29, 0.717) is 5.56 Å². The predicted octanol–water partition coefficient (Wildman–Crippen LogP) is 3.83. The van der Waals surface area contributed by atoms with Crippen LogP contribution in [0, 0.1) is 11.3 Å². The van der Waals surface area contributed by atoms with Gasteiger partial charge in [-0.05, 0) is 23.8 Å². The van der Waals surface area contributed by atoms with E-state index in [1.165, 1.54) is 36.4 Å². The van der Waals surface area contributed by atoms with Crippen LogP contribution in [0.2, 0.25) is 0 Å². The summed E-state index contributed by atoms with van der Waals surface area (Å²) in [5.41, 5.74) is 5.72. The Morgan fingerprint density at radius 1 is 1.00 bits per heavy atom. The normalized spacial score (nSPS) is 11.1. The molecule has 2 aromatic rings. The molecular formula is C14H9F3N2. The average Bonchev–Trinajstić information content (AvgIpc) is 2.37. The molecule has 19 heavy (non-hydrogen) atoms. The lowest BCUT2D eigenvalue weighted by Crippen LogP contribution is -2.07. The van der Waals surface area contributed by atoms with Crippen LogP contribution >= 0.6 is 0 Å². The van der Waals surface area contributed by atoms with E-state index >= 15 is 0 Å². The van der Waals surface area contributed by atoms with Crippen molar-refractivity contribution in [3.8, 4) is 17.2 Å². The molecule has 0 amide bonds. The minimum Gasteiger partial charge on any atom is -0.398 e. The molecule has 0 radical (unpaired) electrons. The highest BCUT2D eigenvalue weighted by atomic mass is 19.4. The number of hydrogen-bond acceptors (Lipinski definition) is 2. The summed E-state index contributed by atoms with van der Waals surface area (Å²) in [6.07, 6.45) is -4.45. The Balaban J connectivity index is 2.64. The number of nitrogen functional groups attached to an aromatic ring is 1. The SMILES string of the molecule is N#Cc1ccc(-c2ccccc2C(F)(F)F)c(N)c1. The van der Waals surface area contributed by atoms with E-state index in [0.717, 1.165) is 6.07 Å². The van der Waals surface area contributed by atoms with Gasteiger partial charge in [-0.25, -0.2) is 0 Å². The first-order valence-electron chi connectivity index (χ1n) is 5.39. The maximum atomic E-state index is 12.9. The summed E-state index contributed by atoms with van der Waals surface area (Å²) in [6.45, 7) is 0. The van der Waals surface area contributed by atoms with E-state index in [1.54, 1.807) is 0 Å². The van der Waals surface area contributed by atoms with Crippen LogP contribution in [-0.4, -0.2) is 0 Å². The molecule has 0 aromatic heterocycles. The molecule has 0 bridgehead atoms. The van der Waals surface area contributed by atoms with Gasteiger partial charge in [-0.1, -0.05) is 24.3 Å². The van der Waals surface area contributed by atoms with Crippen molar-refractivity contribution < 1.29 is 13.2 Å². The van der Waals surface area contributed by atoms with Crippen molar-refractivity contribution in [2.45, 2.75) is 6.18 Å². The molecule has 0 aliphatic heterocycles. The van der Waals surface area contributed by atoms with Gasteiger partial charge in [0.25, 0.3) is 0 Å². The zero-order valence-electron chi connectivity index (χ0n) is 9.70. The lowest BCUT2D eigenvalue weighted by Gasteiger charge is -2.14. The van der Waals surface area contributed by atoms with Crippen LogP contribution in [0.3, 0.4) is 0 Å². The van der Waals surface area contributed by atoms with Crippen molar-refractivity contribution in [3.63, 3.8) is 0 Å². The van der Waals surface area contributed by atoms with E-state index in [9.17, 15) is 13.2 Å². The minimum atomic E-state index is -4.45. The van der Waals surface area contributed by atoms with Gasteiger partial charge in [-0.2, -0.15) is 18.4 Å². The molecule has 2 rings (SSSR count). The molecule has 0 heterocycles. The molecule has 0 spiro atoms. The zero-order chi connectivity index (χ0) is 14.0. The zero-order valence-corrected chi connectivity index (χ0v) is 9.70. The van der Waals surface area contributed by atoms with E-state index in [2.05, 4.69) is 0 Å². The molecule has 0 saturated carbocycles. The Morgan fingerprint density at radius 3 is 2.26 bits per heavy atom. The third-order valence-electron chi connectivity index (χ3n) is 2.70. The number of anilines is 1. The van der Waals surface area contributed by atoms with Crippen LogP contribution in [-0.2, 0) is 6.18 Å². The van der Waals surface area contributed by atoms with Crippen LogP contribution in [0.5, 0.6) is 0 Å². The van der Waals surface area contributed by atoms with Crippen LogP contribution in [0.4, 0.5) is 18.9 Å². The molecule has 0 atom stereocenters. The lowest BCUT2D eigenvalue weighted by molar-refractivity contribution is -0.137. The summed E-state index contributed by atoms with van der Waals surface area (Å²) >= 11 is 0. The standard InChI is InChI=1S/C14H9F3N2/c15-14(16,17)12-4-2-1-3-10(12)11-6-5-9(8-18)7-13(11)19/h1-7H,19H2. The second-order valence-corrected chi connectivity index (χ2v) is 3.96. The summed E-state index contributed by atoms with van der Waals surface area (Å²) < 4.78 is 38.8. The molecule has 0 aliphatic rings. The number of halogens is 3. The second kappa shape index (κ2) is 4.65. The van der Waals surface area contributed by atoms with Crippen molar-refractivity contribution >= 4 is 5.69 Å². The maximum Gasteiger partial charge on any atom is 0.417 e. The summed E-state index contributed by atoms with van der Waals surface area (Å²) in [4.78, 5) is 0. The van der Waals surface area contributed by atoms with Crippen LogP contribution in [0.15, 0.2) is 42.5 Å². The molecule has 96 valence electrons. The van der Waals surface area contributed by atoms with Gasteiger partial charge in [0.15, 0.2) is 0 Å². The monoisotopic (exact) mass is 262 g/mol. The highest BCUT2D eigenvalue weighted by Gasteiger charge is 2.33. The summed E-state index contributed by atoms with van der Waals surface area (Å²) in [7, 11) is 0. The number of rotatable bonds is 1. The first-order chi connectivity index (χ1) is 8.93. The fourth-order valence-corrected chi connectivity index (χ4v) is 1.84. The van der Waals surface area contributed by atoms with Crippen LogP contribution in [0.1, 0.15) is 11.1 Å². The molecule has 0 unspecified atom stereocenters. The van der Waals surface area contributed by atoms with Gasteiger partial charge < -0.3 is 5.73 Å². The van der Waals surface area contributed by atoms with Gasteiger partial charge in [0.1, 0.15) is 0 Å². The Kier molecular flexibility index (Phi) is 3.17. The summed E-state index contributed by atoms with van der Waals surface area (Å²) in [5.74, 6) is 0. The van der Waals surface area contributed by atoms with Gasteiger partial charge in [0.05, 0.1) is 17.2 Å². The minimum absolute atomic E-state index is 0.0111. The maximum absolute atomic E-state index is 12.9. The third kappa shape index (κ3) is 2.52. The van der Waals surface area contributed by atoms with Crippen molar-refractivity contribution in [2.75, 3.05) is 5.73 Å². The summed E-state index contributed by atoms with van der Waals surface area (Å²) in [6, 6.07) is 11.3. The Bertz CT molecular complexity index is 654. The Hall–Kier alpha value is -2.48. The molecule has 2 aromatic carbocycles. The van der Waals surface area contributed by atoms with Gasteiger partial charge in [-0.15, -0.1) is 0 Å². The molecule has 2 N–H and O–H groups in total. The number of nitrogens with zero attached hydrogens (tertiary/aromatic N) is 1. The van der Waals surface area contributed by atoms with Crippen molar-refractivity contribution in [1.29, 1.82) is 5.26 Å². The highest BCUT2D eigenvalue weighted by molar-refractivity contribution is 5.79. The van der Waals surface area contributed by atoms with Gasteiger partial charge >= 0.3 is 6.18 Å². The van der Waals surface area contributed by atoms with Crippen molar-refractivity contribution in [1.82, 2.24) is 0 Å². The Morgan fingerprint density at radius 2 is 1.68 bits per heavy atom. The topological polar surface area (TPSA) is 49.8 Å². The molecule has 0 saturated heterocycles. The highest BCUT2D eigenvalue weighted by Crippen LogP contribution is 2.38. The number of nitriles is 1. The number of nitrogens with two attached hydrogens (primary N) is 1. The van der Waals surface area contributed by atoms with E-state index in [1.807, 2.05) is 6.07 Å². The van der Waals surface area contributed by atoms with E-state index in [4.69, 9.17) is 11.0 Å². The second-order valence-electron chi connectivity index (χ2n) is 3.96. The predicted molar refractivity (Wildman–Crippen MR) is 66.0 cm³/mol. The van der Waals surface area contributed by atoms with Crippen molar-refractivity contribution in [3.05, 3.63) is 53.6 Å².